The Kier molecular flexibility index (Phi) is 7.43. The van der Waals surface area contributed by atoms with Gasteiger partial charge in [0.2, 0.25) is 6.10 Å². The van der Waals surface area contributed by atoms with Crippen molar-refractivity contribution in [2.24, 2.45) is 5.16 Å². The number of ether oxygens (including phenoxy) is 2. The van der Waals surface area contributed by atoms with Crippen molar-refractivity contribution in [2.45, 2.75) is 20.0 Å². The molecular weight excluding hydrogens is 375 g/mol. The summed E-state index contributed by atoms with van der Waals surface area (Å²) in [6, 6.07) is 9.17. The predicted molar refractivity (Wildman–Crippen MR) is 102 cm³/mol. The monoisotopic (exact) mass is 394 g/mol. The number of rotatable bonds is 8. The third kappa shape index (κ3) is 5.86. The highest BCUT2D eigenvalue weighted by Gasteiger charge is 2.15. The second kappa shape index (κ2) is 9.78. The molecule has 2 aromatic carbocycles. The lowest BCUT2D eigenvalue weighted by molar-refractivity contribution is -0.126. The Morgan fingerprint density at radius 2 is 2.07 bits per heavy atom. The van der Waals surface area contributed by atoms with E-state index in [4.69, 9.17) is 25.9 Å². The van der Waals surface area contributed by atoms with E-state index < -0.39 is 17.8 Å². The summed E-state index contributed by atoms with van der Waals surface area (Å²) >= 11 is 5.68. The van der Waals surface area contributed by atoms with Crippen LogP contribution in [-0.4, -0.2) is 31.9 Å². The summed E-state index contributed by atoms with van der Waals surface area (Å²) in [5, 5.41) is 6.31. The second-order valence-corrected chi connectivity index (χ2v) is 5.85. The van der Waals surface area contributed by atoms with Crippen LogP contribution < -0.4 is 14.8 Å². The number of halogens is 2. The first-order chi connectivity index (χ1) is 12.9. The smallest absolute Gasteiger partial charge is 0.267 e. The van der Waals surface area contributed by atoms with E-state index in [1.807, 2.05) is 6.92 Å². The van der Waals surface area contributed by atoms with E-state index in [2.05, 4.69) is 10.5 Å². The van der Waals surface area contributed by atoms with Crippen LogP contribution in [0.5, 0.6) is 11.5 Å². The molecule has 1 N–H and O–H groups in total. The Hall–Kier alpha value is -2.80. The van der Waals surface area contributed by atoms with Gasteiger partial charge in [-0.05, 0) is 50.2 Å². The zero-order chi connectivity index (χ0) is 19.8. The number of anilines is 1. The van der Waals surface area contributed by atoms with Crippen LogP contribution in [0, 0.1) is 5.82 Å². The van der Waals surface area contributed by atoms with Crippen LogP contribution in [0.2, 0.25) is 5.02 Å². The van der Waals surface area contributed by atoms with Crippen molar-refractivity contribution >= 4 is 29.4 Å². The van der Waals surface area contributed by atoms with Gasteiger partial charge in [-0.3, -0.25) is 4.79 Å². The number of nitrogens with one attached hydrogen (secondary N) is 1. The van der Waals surface area contributed by atoms with Gasteiger partial charge in [-0.1, -0.05) is 16.8 Å². The van der Waals surface area contributed by atoms with Crippen molar-refractivity contribution in [3.8, 4) is 11.5 Å². The van der Waals surface area contributed by atoms with Gasteiger partial charge in [-0.2, -0.15) is 0 Å². The number of hydrogen-bond donors (Lipinski definition) is 1. The number of amides is 1. The lowest BCUT2D eigenvalue weighted by Gasteiger charge is -2.11. The van der Waals surface area contributed by atoms with Crippen LogP contribution >= 0.6 is 11.6 Å². The first-order valence-corrected chi connectivity index (χ1v) is 8.58. The van der Waals surface area contributed by atoms with E-state index in [-0.39, 0.29) is 5.02 Å². The molecule has 2 rings (SSSR count). The molecule has 2 aromatic rings. The molecule has 0 saturated heterocycles. The Balaban J connectivity index is 1.94. The first-order valence-electron chi connectivity index (χ1n) is 8.20. The summed E-state index contributed by atoms with van der Waals surface area (Å²) in [4.78, 5) is 17.2. The highest BCUT2D eigenvalue weighted by molar-refractivity contribution is 6.31. The molecule has 0 aromatic heterocycles. The first kappa shape index (κ1) is 20.5. The molecule has 0 fully saturated rings. The lowest BCUT2D eigenvalue weighted by Crippen LogP contribution is -2.26. The molecule has 1 unspecified atom stereocenters. The molecule has 1 amide bonds. The lowest BCUT2D eigenvalue weighted by atomic mass is 10.2. The third-order valence-electron chi connectivity index (χ3n) is 3.46. The number of methoxy groups -OCH3 is 1. The predicted octanol–water partition coefficient (Wildman–Crippen LogP) is 4.26. The van der Waals surface area contributed by atoms with E-state index in [1.165, 1.54) is 31.3 Å². The van der Waals surface area contributed by atoms with Crippen molar-refractivity contribution in [3.05, 3.63) is 52.8 Å². The van der Waals surface area contributed by atoms with Crippen molar-refractivity contribution in [2.75, 3.05) is 19.0 Å². The number of oxime groups is 1. The van der Waals surface area contributed by atoms with Gasteiger partial charge in [0, 0.05) is 11.3 Å². The summed E-state index contributed by atoms with van der Waals surface area (Å²) < 4.78 is 23.8. The van der Waals surface area contributed by atoms with Gasteiger partial charge in [0.25, 0.3) is 5.91 Å². The van der Waals surface area contributed by atoms with Gasteiger partial charge >= 0.3 is 0 Å². The average molecular weight is 395 g/mol. The summed E-state index contributed by atoms with van der Waals surface area (Å²) in [5.41, 5.74) is 1.08. The number of hydrogen-bond acceptors (Lipinski definition) is 5. The van der Waals surface area contributed by atoms with Crippen LogP contribution in [0.4, 0.5) is 10.1 Å². The van der Waals surface area contributed by atoms with Gasteiger partial charge < -0.3 is 19.6 Å². The maximum atomic E-state index is 13.1. The van der Waals surface area contributed by atoms with Gasteiger partial charge in [0.15, 0.2) is 11.5 Å². The van der Waals surface area contributed by atoms with E-state index in [0.717, 1.165) is 0 Å². The van der Waals surface area contributed by atoms with Gasteiger partial charge in [0.1, 0.15) is 5.82 Å². The van der Waals surface area contributed by atoms with E-state index in [1.54, 1.807) is 25.3 Å². The molecule has 8 heteroatoms. The molecule has 0 bridgehead atoms. The number of carbonyl (C=O) groups is 1. The molecule has 0 aliphatic carbocycles. The van der Waals surface area contributed by atoms with Crippen molar-refractivity contribution < 1.29 is 23.5 Å². The zero-order valence-corrected chi connectivity index (χ0v) is 15.9. The molecule has 144 valence electrons. The molecule has 1 atom stereocenters. The van der Waals surface area contributed by atoms with Crippen molar-refractivity contribution in [1.29, 1.82) is 0 Å². The molecule has 27 heavy (non-hydrogen) atoms. The van der Waals surface area contributed by atoms with Crippen LogP contribution in [0.15, 0.2) is 41.6 Å². The van der Waals surface area contributed by atoms with Crippen molar-refractivity contribution in [1.82, 2.24) is 0 Å². The molecule has 0 saturated carbocycles. The fourth-order valence-electron chi connectivity index (χ4n) is 2.09. The Morgan fingerprint density at radius 3 is 2.74 bits per heavy atom. The highest BCUT2D eigenvalue weighted by atomic mass is 35.5. The minimum absolute atomic E-state index is 0.0798. The number of benzene rings is 2. The topological polar surface area (TPSA) is 69.2 Å². The number of nitrogens with zero attached hydrogens (tertiary/aromatic N) is 1. The SMILES string of the molecule is CCOc1ccc(/C=N/OC(C)C(=O)Nc2ccc(F)c(Cl)c2)cc1OC. The van der Waals surface area contributed by atoms with E-state index in [0.29, 0.717) is 29.4 Å². The zero-order valence-electron chi connectivity index (χ0n) is 15.2. The number of carbonyl (C=O) groups excluding carboxylic acids is 1. The molecule has 0 radical (unpaired) electrons. The Morgan fingerprint density at radius 1 is 1.30 bits per heavy atom. The second-order valence-electron chi connectivity index (χ2n) is 5.44. The van der Waals surface area contributed by atoms with Crippen LogP contribution in [-0.2, 0) is 9.63 Å². The maximum absolute atomic E-state index is 13.1. The maximum Gasteiger partial charge on any atom is 0.267 e. The van der Waals surface area contributed by atoms with Crippen LogP contribution in [0.3, 0.4) is 0 Å². The van der Waals surface area contributed by atoms with E-state index in [9.17, 15) is 9.18 Å². The highest BCUT2D eigenvalue weighted by Crippen LogP contribution is 2.27. The fourth-order valence-corrected chi connectivity index (χ4v) is 2.27. The summed E-state index contributed by atoms with van der Waals surface area (Å²) in [6.07, 6.45) is 0.589. The van der Waals surface area contributed by atoms with E-state index >= 15 is 0 Å². The standard InChI is InChI=1S/C19H20ClFN2O4/c1-4-26-17-8-5-13(9-18(17)25-3)11-22-27-12(2)19(24)23-14-6-7-16(21)15(20)10-14/h5-12H,4H2,1-3H3,(H,23,24)/b22-11+. The Labute approximate surface area is 161 Å². The third-order valence-corrected chi connectivity index (χ3v) is 3.75. The minimum Gasteiger partial charge on any atom is -0.493 e. The molecular formula is C19H20ClFN2O4. The van der Waals surface area contributed by atoms with Gasteiger partial charge in [0.05, 0.1) is 25.0 Å². The van der Waals surface area contributed by atoms with Crippen LogP contribution in [0.25, 0.3) is 0 Å². The quantitative estimate of drug-likeness (QED) is 0.536. The Bertz CT molecular complexity index is 829. The van der Waals surface area contributed by atoms with Crippen molar-refractivity contribution in [3.63, 3.8) is 0 Å². The van der Waals surface area contributed by atoms with Gasteiger partial charge in [-0.25, -0.2) is 4.39 Å². The summed E-state index contributed by atoms with van der Waals surface area (Å²) in [6.45, 7) is 3.95. The molecule has 0 heterocycles. The largest absolute Gasteiger partial charge is 0.493 e. The molecule has 0 aliphatic heterocycles. The van der Waals surface area contributed by atoms with Gasteiger partial charge in [-0.15, -0.1) is 0 Å². The average Bonchev–Trinajstić information content (AvgIpc) is 2.65. The normalized spacial score (nSPS) is 11.9. The minimum atomic E-state index is -0.866. The fraction of sp³-hybridized carbons (Fsp3) is 0.263. The molecule has 0 aliphatic rings. The molecule has 0 spiro atoms. The summed E-state index contributed by atoms with van der Waals surface area (Å²) in [7, 11) is 1.55. The summed E-state index contributed by atoms with van der Waals surface area (Å²) in [5.74, 6) is 0.192. The molecule has 6 nitrogen and oxygen atoms in total. The van der Waals surface area contributed by atoms with Crippen LogP contribution in [0.1, 0.15) is 19.4 Å².